The number of carbonyl (C=O) groups is 4. The van der Waals surface area contributed by atoms with Crippen LogP contribution >= 0.6 is 11.6 Å². The first-order valence-corrected chi connectivity index (χ1v) is 16.9. The van der Waals surface area contributed by atoms with Gasteiger partial charge in [-0.1, -0.05) is 0 Å². The van der Waals surface area contributed by atoms with Gasteiger partial charge in [0.2, 0.25) is 0 Å². The third-order valence-electron chi connectivity index (χ3n) is 8.25. The van der Waals surface area contributed by atoms with E-state index in [9.17, 15) is 19.2 Å². The standard InChI is InChI=1S/C18H21N3O4.C13H19N3O2.C5H3ClO2/c1-24-18(23)20-9-3-5-14(12-20)13-21(15-6-2-8-19-11-15)17(22)16-7-4-10-25-16;1-18-13(17)16-7-3-4-11(10-16)8-15-12-5-2-6-14-9-12;6-5(7)4-2-1-3-8-4/h2,4,6-8,10-11,14H,3,5,9,12-13H2,1H3;2,5-6,9,11,15H,3-4,7-8,10H2,1H3;1-3H. The average Bonchev–Trinajstić information content (AvgIpc) is 3.93. The number of nitrogens with one attached hydrogen (secondary N) is 1. The van der Waals surface area contributed by atoms with Gasteiger partial charge >= 0.3 is 12.2 Å². The van der Waals surface area contributed by atoms with Gasteiger partial charge in [0.25, 0.3) is 11.1 Å². The summed E-state index contributed by atoms with van der Waals surface area (Å²) in [7, 11) is 2.81. The van der Waals surface area contributed by atoms with E-state index in [0.717, 1.165) is 51.0 Å². The molecular formula is C36H43ClN6O8. The first kappa shape index (κ1) is 38.4. The molecule has 15 heteroatoms. The van der Waals surface area contributed by atoms with Crippen molar-refractivity contribution in [2.45, 2.75) is 25.7 Å². The van der Waals surface area contributed by atoms with Crippen molar-refractivity contribution in [3.63, 3.8) is 0 Å². The number of nitrogens with zero attached hydrogens (tertiary/aromatic N) is 5. The molecule has 1 N–H and O–H groups in total. The van der Waals surface area contributed by atoms with Gasteiger partial charge in [0.1, 0.15) is 0 Å². The number of likely N-dealkylation sites (tertiary alicyclic amines) is 2. The summed E-state index contributed by atoms with van der Waals surface area (Å²) < 4.78 is 19.5. The van der Waals surface area contributed by atoms with Gasteiger partial charge in [0, 0.05) is 57.9 Å². The van der Waals surface area contributed by atoms with Crippen molar-refractivity contribution in [2.75, 3.05) is 63.7 Å². The van der Waals surface area contributed by atoms with E-state index >= 15 is 0 Å². The number of hydrogen-bond acceptors (Lipinski definition) is 11. The van der Waals surface area contributed by atoms with Crippen molar-refractivity contribution in [1.82, 2.24) is 19.8 Å². The number of hydrogen-bond donors (Lipinski definition) is 1. The molecular weight excluding hydrogens is 680 g/mol. The molecule has 0 aromatic carbocycles. The molecule has 2 fully saturated rings. The zero-order valence-electron chi connectivity index (χ0n) is 28.7. The van der Waals surface area contributed by atoms with Crippen LogP contribution in [0.4, 0.5) is 21.0 Å². The lowest BCUT2D eigenvalue weighted by atomic mass is 9.97. The van der Waals surface area contributed by atoms with Crippen LogP contribution in [-0.2, 0) is 9.47 Å². The summed E-state index contributed by atoms with van der Waals surface area (Å²) in [5, 5.41) is 2.79. The molecule has 2 saturated heterocycles. The third kappa shape index (κ3) is 12.2. The molecule has 4 aromatic rings. The molecule has 0 aliphatic carbocycles. The van der Waals surface area contributed by atoms with Crippen LogP contribution in [0.2, 0.25) is 0 Å². The quantitative estimate of drug-likeness (QED) is 0.200. The van der Waals surface area contributed by atoms with Crippen LogP contribution in [0.15, 0.2) is 94.7 Å². The van der Waals surface area contributed by atoms with Crippen molar-refractivity contribution in [1.29, 1.82) is 0 Å². The molecule has 2 atom stereocenters. The lowest BCUT2D eigenvalue weighted by molar-refractivity contribution is 0.0927. The number of aromatic nitrogens is 2. The number of rotatable bonds is 8. The maximum Gasteiger partial charge on any atom is 0.409 e. The molecule has 272 valence electrons. The predicted octanol–water partition coefficient (Wildman–Crippen LogP) is 6.43. The zero-order valence-corrected chi connectivity index (χ0v) is 29.4. The van der Waals surface area contributed by atoms with E-state index in [1.165, 1.54) is 32.8 Å². The Hall–Kier alpha value is -5.37. The Morgan fingerprint density at radius 1 is 0.824 bits per heavy atom. The smallest absolute Gasteiger partial charge is 0.409 e. The molecule has 2 unspecified atom stereocenters. The molecule has 14 nitrogen and oxygen atoms in total. The number of carbonyl (C=O) groups excluding carboxylic acids is 4. The predicted molar refractivity (Wildman–Crippen MR) is 190 cm³/mol. The van der Waals surface area contributed by atoms with Gasteiger partial charge < -0.3 is 38.3 Å². The lowest BCUT2D eigenvalue weighted by Gasteiger charge is -2.34. The lowest BCUT2D eigenvalue weighted by Crippen LogP contribution is -2.45. The number of amides is 3. The molecule has 0 saturated carbocycles. The van der Waals surface area contributed by atoms with Crippen molar-refractivity contribution < 1.29 is 37.5 Å². The number of ether oxygens (including phenoxy) is 2. The maximum absolute atomic E-state index is 12.9. The summed E-state index contributed by atoms with van der Waals surface area (Å²) in [4.78, 5) is 59.6. The second kappa shape index (κ2) is 20.3. The Balaban J connectivity index is 0.000000194. The fourth-order valence-electron chi connectivity index (χ4n) is 5.77. The second-order valence-electron chi connectivity index (χ2n) is 11.8. The normalized spacial score (nSPS) is 16.7. The van der Waals surface area contributed by atoms with Crippen LogP contribution in [-0.4, -0.2) is 96.6 Å². The second-order valence-corrected chi connectivity index (χ2v) is 12.2. The molecule has 2 aliphatic heterocycles. The number of methoxy groups -OCH3 is 2. The minimum Gasteiger partial charge on any atom is -0.460 e. The number of pyridine rings is 2. The molecule has 51 heavy (non-hydrogen) atoms. The largest absolute Gasteiger partial charge is 0.460 e. The van der Waals surface area contributed by atoms with E-state index in [-0.39, 0.29) is 35.5 Å². The Morgan fingerprint density at radius 3 is 1.92 bits per heavy atom. The zero-order chi connectivity index (χ0) is 36.4. The molecule has 0 bridgehead atoms. The molecule has 4 aromatic heterocycles. The van der Waals surface area contributed by atoms with E-state index in [1.807, 2.05) is 18.2 Å². The Morgan fingerprint density at radius 2 is 1.41 bits per heavy atom. The summed E-state index contributed by atoms with van der Waals surface area (Å²) in [5.41, 5.74) is 1.73. The van der Waals surface area contributed by atoms with E-state index in [0.29, 0.717) is 31.2 Å². The van der Waals surface area contributed by atoms with E-state index < -0.39 is 5.24 Å². The maximum atomic E-state index is 12.9. The highest BCUT2D eigenvalue weighted by molar-refractivity contribution is 6.67. The van der Waals surface area contributed by atoms with E-state index in [1.54, 1.807) is 63.8 Å². The minimum absolute atomic E-state index is 0.159. The highest BCUT2D eigenvalue weighted by Gasteiger charge is 2.29. The first-order chi connectivity index (χ1) is 24.8. The summed E-state index contributed by atoms with van der Waals surface area (Å²) in [5.74, 6) is 0.884. The minimum atomic E-state index is -0.560. The summed E-state index contributed by atoms with van der Waals surface area (Å²) >= 11 is 5.01. The first-order valence-electron chi connectivity index (χ1n) is 16.6. The van der Waals surface area contributed by atoms with Crippen LogP contribution in [0.25, 0.3) is 0 Å². The van der Waals surface area contributed by atoms with Crippen molar-refractivity contribution in [2.24, 2.45) is 11.8 Å². The molecule has 0 spiro atoms. The van der Waals surface area contributed by atoms with Crippen molar-refractivity contribution in [3.8, 4) is 0 Å². The highest BCUT2D eigenvalue weighted by atomic mass is 35.5. The van der Waals surface area contributed by atoms with E-state index in [4.69, 9.17) is 25.5 Å². The van der Waals surface area contributed by atoms with Crippen LogP contribution < -0.4 is 10.2 Å². The van der Waals surface area contributed by atoms with E-state index in [2.05, 4.69) is 19.7 Å². The molecule has 2 aliphatic rings. The summed E-state index contributed by atoms with van der Waals surface area (Å²) in [6.07, 6.45) is 13.2. The SMILES string of the molecule is COC(=O)N1CCCC(CN(C(=O)c2ccco2)c2cccnc2)C1.COC(=O)N1CCCC(CNc2cccnc2)C1.O=C(Cl)c1ccco1. The molecule has 0 radical (unpaired) electrons. The van der Waals surface area contributed by atoms with Gasteiger partial charge in [-0.25, -0.2) is 9.59 Å². The number of piperidine rings is 2. The monoisotopic (exact) mass is 722 g/mol. The van der Waals surface area contributed by atoms with Gasteiger partial charge in [-0.2, -0.15) is 0 Å². The summed E-state index contributed by atoms with van der Waals surface area (Å²) in [6, 6.07) is 14.0. The molecule has 3 amide bonds. The number of halogens is 1. The number of furan rings is 2. The topological polar surface area (TPSA) is 161 Å². The molecule has 6 heterocycles. The van der Waals surface area contributed by atoms with Crippen LogP contribution in [0.5, 0.6) is 0 Å². The third-order valence-corrected chi connectivity index (χ3v) is 8.44. The van der Waals surface area contributed by atoms with Gasteiger partial charge in [-0.3, -0.25) is 19.6 Å². The van der Waals surface area contributed by atoms with Gasteiger partial charge in [-0.05, 0) is 97.7 Å². The Labute approximate surface area is 301 Å². The van der Waals surface area contributed by atoms with Gasteiger partial charge in [0.15, 0.2) is 11.5 Å². The van der Waals surface area contributed by atoms with Crippen molar-refractivity contribution >= 4 is 46.3 Å². The molecule has 6 rings (SSSR count). The Kier molecular flexibility index (Phi) is 15.3. The van der Waals surface area contributed by atoms with Crippen LogP contribution in [0.1, 0.15) is 46.8 Å². The number of anilines is 2. The van der Waals surface area contributed by atoms with Gasteiger partial charge in [-0.15, -0.1) is 0 Å². The average molecular weight is 723 g/mol. The van der Waals surface area contributed by atoms with Crippen LogP contribution in [0, 0.1) is 11.8 Å². The summed E-state index contributed by atoms with van der Waals surface area (Å²) in [6.45, 7) is 4.16. The fourth-order valence-corrected chi connectivity index (χ4v) is 5.87. The highest BCUT2D eigenvalue weighted by Crippen LogP contribution is 2.24. The Bertz CT molecular complexity index is 1630. The van der Waals surface area contributed by atoms with Crippen molar-refractivity contribution in [3.05, 3.63) is 97.4 Å². The van der Waals surface area contributed by atoms with Gasteiger partial charge in [0.05, 0.1) is 44.3 Å². The van der Waals surface area contributed by atoms with Crippen LogP contribution in [0.3, 0.4) is 0 Å². The fraction of sp³-hybridized carbons (Fsp3) is 0.389.